The van der Waals surface area contributed by atoms with Crippen molar-refractivity contribution in [2.75, 3.05) is 13.7 Å². The van der Waals surface area contributed by atoms with E-state index in [9.17, 15) is 4.79 Å². The standard InChI is InChI=1S/C16H23IN2O3/c1-21-14-8-11(9-19-12-5-3-2-4-6-12)7-13(17)16(14)22-10-15(18)20/h7-8,12,19H,2-6,9-10H2,1H3,(H2,18,20)/p+1. The number of rotatable bonds is 7. The summed E-state index contributed by atoms with van der Waals surface area (Å²) >= 11 is 2.20. The van der Waals surface area contributed by atoms with Gasteiger partial charge in [0.1, 0.15) is 6.54 Å². The fraction of sp³-hybridized carbons (Fsp3) is 0.562. The summed E-state index contributed by atoms with van der Waals surface area (Å²) in [5, 5.41) is 2.42. The van der Waals surface area contributed by atoms with E-state index in [1.807, 2.05) is 6.07 Å². The van der Waals surface area contributed by atoms with Gasteiger partial charge in [0.2, 0.25) is 0 Å². The first-order valence-corrected chi connectivity index (χ1v) is 8.79. The summed E-state index contributed by atoms with van der Waals surface area (Å²) in [6, 6.07) is 4.81. The molecule has 0 atom stereocenters. The molecule has 0 aliphatic heterocycles. The quantitative estimate of drug-likeness (QED) is 0.659. The highest BCUT2D eigenvalue weighted by Gasteiger charge is 2.17. The molecular formula is C16H24IN2O3+. The molecule has 0 aromatic heterocycles. The maximum atomic E-state index is 10.9. The summed E-state index contributed by atoms with van der Waals surface area (Å²) in [7, 11) is 1.61. The average Bonchev–Trinajstić information content (AvgIpc) is 2.52. The number of halogens is 1. The maximum absolute atomic E-state index is 10.9. The molecule has 0 radical (unpaired) electrons. The highest BCUT2D eigenvalue weighted by Crippen LogP contribution is 2.33. The average molecular weight is 419 g/mol. The number of nitrogens with two attached hydrogens (primary N) is 2. The third-order valence-corrected chi connectivity index (χ3v) is 4.79. The summed E-state index contributed by atoms with van der Waals surface area (Å²) in [4.78, 5) is 10.9. The lowest BCUT2D eigenvalue weighted by molar-refractivity contribution is -0.706. The summed E-state index contributed by atoms with van der Waals surface area (Å²) in [6.45, 7) is 0.799. The molecule has 1 aliphatic carbocycles. The Hall–Kier alpha value is -1.02. The molecule has 1 aromatic rings. The first-order valence-electron chi connectivity index (χ1n) is 7.71. The van der Waals surface area contributed by atoms with E-state index in [4.69, 9.17) is 15.2 Å². The van der Waals surface area contributed by atoms with Gasteiger partial charge in [0.05, 0.1) is 16.7 Å². The van der Waals surface area contributed by atoms with Crippen LogP contribution in [0.4, 0.5) is 0 Å². The van der Waals surface area contributed by atoms with Crippen molar-refractivity contribution in [3.63, 3.8) is 0 Å². The first-order chi connectivity index (χ1) is 10.6. The molecule has 2 rings (SSSR count). The number of carbonyl (C=O) groups excluding carboxylic acids is 1. The van der Waals surface area contributed by atoms with Crippen LogP contribution in [-0.4, -0.2) is 25.7 Å². The van der Waals surface area contributed by atoms with Crippen LogP contribution in [0.15, 0.2) is 12.1 Å². The van der Waals surface area contributed by atoms with E-state index in [1.54, 1.807) is 7.11 Å². The number of ether oxygens (including phenoxy) is 2. The molecule has 0 spiro atoms. The second kappa shape index (κ2) is 8.57. The molecule has 1 saturated carbocycles. The fourth-order valence-corrected chi connectivity index (χ4v) is 3.67. The normalized spacial score (nSPS) is 15.5. The van der Waals surface area contributed by atoms with E-state index < -0.39 is 5.91 Å². The fourth-order valence-electron chi connectivity index (χ4n) is 2.85. The molecule has 0 unspecified atom stereocenters. The van der Waals surface area contributed by atoms with E-state index in [1.165, 1.54) is 37.7 Å². The van der Waals surface area contributed by atoms with Crippen molar-refractivity contribution < 1.29 is 19.6 Å². The van der Waals surface area contributed by atoms with Crippen LogP contribution in [-0.2, 0) is 11.3 Å². The van der Waals surface area contributed by atoms with Crippen LogP contribution in [0.5, 0.6) is 11.5 Å². The van der Waals surface area contributed by atoms with Gasteiger partial charge in [0, 0.05) is 5.56 Å². The van der Waals surface area contributed by atoms with Gasteiger partial charge in [-0.05, 0) is 60.4 Å². The lowest BCUT2D eigenvalue weighted by atomic mass is 9.95. The zero-order chi connectivity index (χ0) is 15.9. The number of benzene rings is 1. The van der Waals surface area contributed by atoms with Gasteiger partial charge in [0.15, 0.2) is 18.1 Å². The first kappa shape index (κ1) is 17.3. The van der Waals surface area contributed by atoms with E-state index in [0.29, 0.717) is 11.5 Å². The Morgan fingerprint density at radius 2 is 2.09 bits per heavy atom. The highest BCUT2D eigenvalue weighted by atomic mass is 127. The van der Waals surface area contributed by atoms with Crippen LogP contribution in [0, 0.1) is 3.57 Å². The second-order valence-corrected chi connectivity index (χ2v) is 6.86. The molecule has 1 aliphatic rings. The van der Waals surface area contributed by atoms with Gasteiger partial charge in [-0.15, -0.1) is 0 Å². The third kappa shape index (κ3) is 5.01. The van der Waals surface area contributed by atoms with Crippen molar-refractivity contribution >= 4 is 28.5 Å². The number of carbonyl (C=O) groups is 1. The maximum Gasteiger partial charge on any atom is 0.255 e. The third-order valence-electron chi connectivity index (χ3n) is 3.98. The van der Waals surface area contributed by atoms with Gasteiger partial charge in [-0.2, -0.15) is 0 Å². The number of primary amides is 1. The Kier molecular flexibility index (Phi) is 6.75. The van der Waals surface area contributed by atoms with Crippen LogP contribution in [0.1, 0.15) is 37.7 Å². The van der Waals surface area contributed by atoms with Crippen molar-refractivity contribution in [2.45, 2.75) is 44.7 Å². The predicted molar refractivity (Wildman–Crippen MR) is 92.9 cm³/mol. The van der Waals surface area contributed by atoms with E-state index in [-0.39, 0.29) is 6.61 Å². The molecule has 0 saturated heterocycles. The molecule has 1 aromatic carbocycles. The van der Waals surface area contributed by atoms with Gasteiger partial charge >= 0.3 is 0 Å². The number of amides is 1. The molecule has 5 nitrogen and oxygen atoms in total. The Balaban J connectivity index is 2.02. The van der Waals surface area contributed by atoms with E-state index in [2.05, 4.69) is 34.0 Å². The SMILES string of the molecule is COc1cc(C[NH2+]C2CCCCC2)cc(I)c1OCC(N)=O. The smallest absolute Gasteiger partial charge is 0.255 e. The zero-order valence-corrected chi connectivity index (χ0v) is 15.1. The second-order valence-electron chi connectivity index (χ2n) is 5.70. The number of methoxy groups -OCH3 is 1. The Morgan fingerprint density at radius 3 is 2.73 bits per heavy atom. The summed E-state index contributed by atoms with van der Waals surface area (Å²) in [5.41, 5.74) is 6.34. The monoisotopic (exact) mass is 419 g/mol. The topological polar surface area (TPSA) is 78.2 Å². The van der Waals surface area contributed by atoms with Crippen molar-refractivity contribution in [3.8, 4) is 11.5 Å². The Morgan fingerprint density at radius 1 is 1.36 bits per heavy atom. The number of quaternary nitrogens is 1. The molecule has 6 heteroatoms. The molecule has 22 heavy (non-hydrogen) atoms. The van der Waals surface area contributed by atoms with Gasteiger partial charge in [-0.25, -0.2) is 0 Å². The van der Waals surface area contributed by atoms with Crippen molar-refractivity contribution in [2.24, 2.45) is 5.73 Å². The van der Waals surface area contributed by atoms with Crippen molar-refractivity contribution in [1.82, 2.24) is 0 Å². The van der Waals surface area contributed by atoms with Gasteiger partial charge in [-0.3, -0.25) is 4.79 Å². The Labute approximate surface area is 145 Å². The lowest BCUT2D eigenvalue weighted by Crippen LogP contribution is -2.88. The molecular weight excluding hydrogens is 395 g/mol. The Bertz CT molecular complexity index is 516. The van der Waals surface area contributed by atoms with E-state index >= 15 is 0 Å². The summed E-state index contributed by atoms with van der Waals surface area (Å²) in [5.74, 6) is 0.746. The van der Waals surface area contributed by atoms with Crippen molar-refractivity contribution in [3.05, 3.63) is 21.3 Å². The summed E-state index contributed by atoms with van der Waals surface area (Å²) < 4.78 is 11.8. The number of hydrogen-bond acceptors (Lipinski definition) is 3. The van der Waals surface area contributed by atoms with Crippen LogP contribution in [0.25, 0.3) is 0 Å². The van der Waals surface area contributed by atoms with Crippen LogP contribution < -0.4 is 20.5 Å². The van der Waals surface area contributed by atoms with Gasteiger partial charge in [0.25, 0.3) is 5.91 Å². The minimum Gasteiger partial charge on any atom is -0.493 e. The zero-order valence-electron chi connectivity index (χ0n) is 12.9. The minimum atomic E-state index is -0.493. The van der Waals surface area contributed by atoms with Crippen molar-refractivity contribution in [1.29, 1.82) is 0 Å². The van der Waals surface area contributed by atoms with Crippen LogP contribution in [0.2, 0.25) is 0 Å². The molecule has 1 amide bonds. The largest absolute Gasteiger partial charge is 0.493 e. The summed E-state index contributed by atoms with van der Waals surface area (Å²) in [6.07, 6.45) is 6.70. The molecule has 4 N–H and O–H groups in total. The highest BCUT2D eigenvalue weighted by molar-refractivity contribution is 14.1. The molecule has 0 heterocycles. The van der Waals surface area contributed by atoms with E-state index in [0.717, 1.165) is 16.2 Å². The van der Waals surface area contributed by atoms with Crippen LogP contribution in [0.3, 0.4) is 0 Å². The molecule has 122 valence electrons. The lowest BCUT2D eigenvalue weighted by Gasteiger charge is -2.20. The minimum absolute atomic E-state index is 0.139. The predicted octanol–water partition coefficient (Wildman–Crippen LogP) is 1.56. The molecule has 1 fully saturated rings. The van der Waals surface area contributed by atoms with Gasteiger partial charge < -0.3 is 20.5 Å². The van der Waals surface area contributed by atoms with Gasteiger partial charge in [-0.1, -0.05) is 6.42 Å². The number of hydrogen-bond donors (Lipinski definition) is 2. The van der Waals surface area contributed by atoms with Crippen LogP contribution >= 0.6 is 22.6 Å². The molecule has 0 bridgehead atoms.